The highest BCUT2D eigenvalue weighted by Gasteiger charge is 2.32. The molecular formula is C24H36N4O5S. The third-order valence-corrected chi connectivity index (χ3v) is 5.87. The average Bonchev–Trinajstić information content (AvgIpc) is 3.27. The lowest BCUT2D eigenvalue weighted by atomic mass is 10.0. The highest BCUT2D eigenvalue weighted by atomic mass is 32.2. The van der Waals surface area contributed by atoms with Crippen LogP contribution in [0.15, 0.2) is 35.4 Å². The predicted molar refractivity (Wildman–Crippen MR) is 133 cm³/mol. The number of ether oxygens (including phenoxy) is 2. The number of hydrazone groups is 1. The van der Waals surface area contributed by atoms with E-state index in [1.807, 2.05) is 58.0 Å². The van der Waals surface area contributed by atoms with Gasteiger partial charge >= 0.3 is 12.1 Å². The van der Waals surface area contributed by atoms with E-state index in [-0.39, 0.29) is 31.0 Å². The van der Waals surface area contributed by atoms with E-state index in [9.17, 15) is 14.4 Å². The largest absolute Gasteiger partial charge is 0.461 e. The van der Waals surface area contributed by atoms with Crippen LogP contribution in [0.1, 0.15) is 53.0 Å². The zero-order valence-corrected chi connectivity index (χ0v) is 21.4. The van der Waals surface area contributed by atoms with Crippen molar-refractivity contribution in [1.82, 2.24) is 15.0 Å². The zero-order chi connectivity index (χ0) is 25.1. The number of hydrogen-bond donors (Lipinski definition) is 2. The van der Waals surface area contributed by atoms with E-state index in [0.29, 0.717) is 24.3 Å². The molecule has 1 aromatic carbocycles. The number of amides is 2. The van der Waals surface area contributed by atoms with Gasteiger partial charge < -0.3 is 20.1 Å². The van der Waals surface area contributed by atoms with Crippen LogP contribution in [0.3, 0.4) is 0 Å². The molecule has 0 saturated heterocycles. The van der Waals surface area contributed by atoms with Crippen molar-refractivity contribution >= 4 is 35.6 Å². The second kappa shape index (κ2) is 13.8. The SMILES string of the molecule is CCOC(=O)C1=NN([C@@H](CC(C)C)NC(=O)[C@H](CC(C)C)NC(=O)OCc2ccccc2)SC1. The smallest absolute Gasteiger partial charge is 0.408 e. The summed E-state index contributed by atoms with van der Waals surface area (Å²) in [5, 5.41) is 10.1. The van der Waals surface area contributed by atoms with Crippen molar-refractivity contribution in [3.63, 3.8) is 0 Å². The van der Waals surface area contributed by atoms with Crippen LogP contribution in [0.4, 0.5) is 4.79 Å². The number of benzene rings is 1. The molecule has 0 bridgehead atoms. The fourth-order valence-corrected chi connectivity index (χ4v) is 4.21. The minimum atomic E-state index is -0.765. The van der Waals surface area contributed by atoms with E-state index >= 15 is 0 Å². The van der Waals surface area contributed by atoms with Crippen molar-refractivity contribution in [1.29, 1.82) is 0 Å². The number of carbonyl (C=O) groups is 3. The highest BCUT2D eigenvalue weighted by Crippen LogP contribution is 2.25. The van der Waals surface area contributed by atoms with Gasteiger partial charge in [0.2, 0.25) is 5.91 Å². The van der Waals surface area contributed by atoms with Gasteiger partial charge in [0.25, 0.3) is 0 Å². The van der Waals surface area contributed by atoms with E-state index in [1.165, 1.54) is 11.9 Å². The van der Waals surface area contributed by atoms with Crippen molar-refractivity contribution in [3.8, 4) is 0 Å². The maximum atomic E-state index is 13.2. The third kappa shape index (κ3) is 9.24. The molecule has 0 spiro atoms. The maximum Gasteiger partial charge on any atom is 0.408 e. The Kier molecular flexibility index (Phi) is 11.2. The summed E-state index contributed by atoms with van der Waals surface area (Å²) in [5.41, 5.74) is 1.18. The number of rotatable bonds is 12. The number of carbonyl (C=O) groups excluding carboxylic acids is 3. The van der Waals surface area contributed by atoms with Gasteiger partial charge in [-0.3, -0.25) is 4.79 Å². The molecule has 0 unspecified atom stereocenters. The monoisotopic (exact) mass is 492 g/mol. The molecule has 0 saturated carbocycles. The Morgan fingerprint density at radius 3 is 2.32 bits per heavy atom. The van der Waals surface area contributed by atoms with E-state index in [1.54, 1.807) is 11.3 Å². The summed E-state index contributed by atoms with van der Waals surface area (Å²) in [6.07, 6.45) is -0.0273. The second-order valence-corrected chi connectivity index (χ2v) is 9.81. The molecule has 10 heteroatoms. The van der Waals surface area contributed by atoms with Gasteiger partial charge in [-0.15, -0.1) is 0 Å². The van der Waals surface area contributed by atoms with E-state index in [4.69, 9.17) is 9.47 Å². The Morgan fingerprint density at radius 2 is 1.71 bits per heavy atom. The van der Waals surface area contributed by atoms with Crippen LogP contribution in [0, 0.1) is 11.8 Å². The van der Waals surface area contributed by atoms with Gasteiger partial charge in [-0.2, -0.15) is 5.10 Å². The minimum absolute atomic E-state index is 0.119. The Bertz CT molecular complexity index is 847. The number of esters is 1. The second-order valence-electron chi connectivity index (χ2n) is 8.89. The Labute approximate surface area is 206 Å². The first-order valence-electron chi connectivity index (χ1n) is 11.6. The van der Waals surface area contributed by atoms with Gasteiger partial charge in [0.05, 0.1) is 12.4 Å². The number of hydrogen-bond acceptors (Lipinski definition) is 8. The Morgan fingerprint density at radius 1 is 1.03 bits per heavy atom. The van der Waals surface area contributed by atoms with Gasteiger partial charge in [0.15, 0.2) is 5.71 Å². The molecule has 2 rings (SSSR count). The van der Waals surface area contributed by atoms with Crippen molar-refractivity contribution in [2.45, 2.75) is 66.3 Å². The molecule has 9 nitrogen and oxygen atoms in total. The molecule has 2 N–H and O–H groups in total. The van der Waals surface area contributed by atoms with Crippen LogP contribution < -0.4 is 10.6 Å². The molecule has 2 amide bonds. The third-order valence-electron chi connectivity index (χ3n) is 4.86. The zero-order valence-electron chi connectivity index (χ0n) is 20.6. The molecule has 0 aliphatic carbocycles. The van der Waals surface area contributed by atoms with Crippen molar-refractivity contribution in [2.75, 3.05) is 12.4 Å². The molecule has 1 aliphatic heterocycles. The first-order valence-corrected chi connectivity index (χ1v) is 12.6. The molecule has 0 radical (unpaired) electrons. The van der Waals surface area contributed by atoms with Gasteiger partial charge in [-0.25, -0.2) is 14.0 Å². The van der Waals surface area contributed by atoms with E-state index in [2.05, 4.69) is 15.7 Å². The fraction of sp³-hybridized carbons (Fsp3) is 0.583. The van der Waals surface area contributed by atoms with Crippen molar-refractivity contribution < 1.29 is 23.9 Å². The van der Waals surface area contributed by atoms with Crippen LogP contribution >= 0.6 is 11.9 Å². The summed E-state index contributed by atoms with van der Waals surface area (Å²) < 4.78 is 12.0. The Hall–Kier alpha value is -2.75. The van der Waals surface area contributed by atoms with E-state index in [0.717, 1.165) is 5.56 Å². The number of alkyl carbamates (subject to hydrolysis) is 1. The summed E-state index contributed by atoms with van der Waals surface area (Å²) in [6.45, 7) is 10.2. The first-order chi connectivity index (χ1) is 16.2. The molecular weight excluding hydrogens is 456 g/mol. The van der Waals surface area contributed by atoms with Crippen LogP contribution in [-0.4, -0.2) is 52.7 Å². The predicted octanol–water partition coefficient (Wildman–Crippen LogP) is 3.70. The maximum absolute atomic E-state index is 13.2. The van der Waals surface area contributed by atoms with Gasteiger partial charge in [0.1, 0.15) is 18.8 Å². The molecule has 34 heavy (non-hydrogen) atoms. The van der Waals surface area contributed by atoms with Crippen LogP contribution in [0.25, 0.3) is 0 Å². The topological polar surface area (TPSA) is 109 Å². The lowest BCUT2D eigenvalue weighted by molar-refractivity contribution is -0.135. The molecule has 0 fully saturated rings. The summed E-state index contributed by atoms with van der Waals surface area (Å²) >= 11 is 1.34. The summed E-state index contributed by atoms with van der Waals surface area (Å²) in [6, 6.07) is 8.58. The van der Waals surface area contributed by atoms with Crippen LogP contribution in [0.2, 0.25) is 0 Å². The van der Waals surface area contributed by atoms with Crippen LogP contribution in [-0.2, 0) is 25.7 Å². The number of nitrogens with one attached hydrogen (secondary N) is 2. The molecule has 1 aromatic rings. The van der Waals surface area contributed by atoms with Gasteiger partial charge in [-0.05, 0) is 49.1 Å². The molecule has 0 aromatic heterocycles. The highest BCUT2D eigenvalue weighted by molar-refractivity contribution is 7.98. The lowest BCUT2D eigenvalue weighted by Gasteiger charge is -2.29. The quantitative estimate of drug-likeness (QED) is 0.338. The molecule has 188 valence electrons. The Balaban J connectivity index is 2.04. The van der Waals surface area contributed by atoms with Crippen LogP contribution in [0.5, 0.6) is 0 Å². The summed E-state index contributed by atoms with van der Waals surface area (Å²) in [7, 11) is 0. The van der Waals surface area contributed by atoms with E-state index < -0.39 is 24.3 Å². The van der Waals surface area contributed by atoms with Crippen molar-refractivity contribution in [2.24, 2.45) is 16.9 Å². The average molecular weight is 493 g/mol. The molecule has 1 aliphatic rings. The fourth-order valence-electron chi connectivity index (χ4n) is 3.30. The molecule has 2 atom stereocenters. The normalized spacial score (nSPS) is 15.0. The number of nitrogens with zero attached hydrogens (tertiary/aromatic N) is 2. The van der Waals surface area contributed by atoms with Gasteiger partial charge in [0, 0.05) is 0 Å². The lowest BCUT2D eigenvalue weighted by Crippen LogP contribution is -2.53. The standard InChI is InChI=1S/C24H36N4O5S/c1-6-32-23(30)20-15-34-28(27-20)21(13-17(4)5)26-22(29)19(12-16(2)3)25-24(31)33-14-18-10-8-7-9-11-18/h7-11,16-17,19,21H,6,12-15H2,1-5H3,(H,25,31)(H,26,29)/t19-,21-/m0/s1. The first kappa shape index (κ1) is 27.5. The molecule has 1 heterocycles. The van der Waals surface area contributed by atoms with Crippen molar-refractivity contribution in [3.05, 3.63) is 35.9 Å². The minimum Gasteiger partial charge on any atom is -0.461 e. The van der Waals surface area contributed by atoms with Gasteiger partial charge in [-0.1, -0.05) is 58.0 Å². The summed E-state index contributed by atoms with van der Waals surface area (Å²) in [4.78, 5) is 37.6. The summed E-state index contributed by atoms with van der Waals surface area (Å²) in [5.74, 6) is 0.0374.